The first-order valence-electron chi connectivity index (χ1n) is 9.06. The van der Waals surface area contributed by atoms with Crippen molar-refractivity contribution >= 4 is 34.7 Å². The lowest BCUT2D eigenvalue weighted by molar-refractivity contribution is -0.173. The molecule has 7 nitrogen and oxygen atoms in total. The van der Waals surface area contributed by atoms with Gasteiger partial charge in [-0.25, -0.2) is 4.68 Å². The highest BCUT2D eigenvalue weighted by molar-refractivity contribution is 7.80. The molecule has 156 valence electrons. The van der Waals surface area contributed by atoms with Crippen LogP contribution in [0.1, 0.15) is 42.2 Å². The summed E-state index contributed by atoms with van der Waals surface area (Å²) in [7, 11) is 0. The number of thiocarbonyl (C=S) groups is 1. The summed E-state index contributed by atoms with van der Waals surface area (Å²) < 4.78 is 40.7. The Labute approximate surface area is 171 Å². The van der Waals surface area contributed by atoms with Gasteiger partial charge in [0, 0.05) is 11.7 Å². The van der Waals surface area contributed by atoms with Crippen LogP contribution >= 0.6 is 12.2 Å². The van der Waals surface area contributed by atoms with Crippen LogP contribution in [0.3, 0.4) is 0 Å². The van der Waals surface area contributed by atoms with Crippen LogP contribution in [0.5, 0.6) is 0 Å². The van der Waals surface area contributed by atoms with Crippen LogP contribution in [-0.2, 0) is 6.42 Å². The highest BCUT2D eigenvalue weighted by atomic mass is 32.1. The number of nitrogens with zero attached hydrogens (tertiary/aromatic N) is 2. The first kappa shape index (κ1) is 20.9. The predicted molar refractivity (Wildman–Crippen MR) is 108 cm³/mol. The molecule has 1 aromatic carbocycles. The van der Waals surface area contributed by atoms with E-state index in [1.54, 1.807) is 6.92 Å². The molecule has 1 aliphatic rings. The molecular formula is C18H21F3N6OS. The lowest BCUT2D eigenvalue weighted by Crippen LogP contribution is -2.44. The second-order valence-corrected chi connectivity index (χ2v) is 7.14. The van der Waals surface area contributed by atoms with Gasteiger partial charge < -0.3 is 10.6 Å². The van der Waals surface area contributed by atoms with Crippen LogP contribution in [0.25, 0.3) is 0 Å². The second kappa shape index (κ2) is 8.27. The van der Waals surface area contributed by atoms with Gasteiger partial charge in [-0.1, -0.05) is 25.1 Å². The SMILES string of the molecule is CCc1ccccc1NC(=S)NNC(=O)c1cnn2c1N[C@H](C)C[C@H]2C(F)(F)F. The molecule has 0 saturated heterocycles. The minimum atomic E-state index is -4.46. The maximum absolute atomic E-state index is 13.3. The highest BCUT2D eigenvalue weighted by Gasteiger charge is 2.46. The summed E-state index contributed by atoms with van der Waals surface area (Å²) in [5.41, 5.74) is 6.80. The fourth-order valence-corrected chi connectivity index (χ4v) is 3.35. The molecule has 0 unspecified atom stereocenters. The molecule has 0 bridgehead atoms. The van der Waals surface area contributed by atoms with Gasteiger partial charge in [0.25, 0.3) is 5.91 Å². The quantitative estimate of drug-likeness (QED) is 0.445. The lowest BCUT2D eigenvalue weighted by Gasteiger charge is -2.31. The fourth-order valence-electron chi connectivity index (χ4n) is 3.19. The molecule has 3 rings (SSSR count). The number of anilines is 2. The van der Waals surface area contributed by atoms with Crippen molar-refractivity contribution in [1.29, 1.82) is 0 Å². The minimum Gasteiger partial charge on any atom is -0.367 e. The molecule has 2 atom stereocenters. The number of carbonyl (C=O) groups excluding carboxylic acids is 1. The first-order valence-corrected chi connectivity index (χ1v) is 9.47. The Morgan fingerprint density at radius 1 is 1.34 bits per heavy atom. The van der Waals surface area contributed by atoms with Crippen LogP contribution in [0.15, 0.2) is 30.5 Å². The molecule has 2 aromatic rings. The van der Waals surface area contributed by atoms with Crippen LogP contribution < -0.4 is 21.5 Å². The Morgan fingerprint density at radius 2 is 2.07 bits per heavy atom. The Morgan fingerprint density at radius 3 is 2.76 bits per heavy atom. The molecule has 0 radical (unpaired) electrons. The van der Waals surface area contributed by atoms with Gasteiger partial charge in [-0.15, -0.1) is 0 Å². The zero-order valence-electron chi connectivity index (χ0n) is 15.8. The number of amides is 1. The standard InChI is InChI=1S/C18H21F3N6OS/c1-3-11-6-4-5-7-13(11)24-17(29)26-25-16(28)12-9-22-27-14(18(19,20)21)8-10(2)23-15(12)27/h4-7,9-10,14,23H,3,8H2,1-2H3,(H,25,28)(H2,24,26,29)/t10-,14+/m1/s1. The number of fused-ring (bicyclic) bond motifs is 1. The highest BCUT2D eigenvalue weighted by Crippen LogP contribution is 2.39. The molecular weight excluding hydrogens is 405 g/mol. The molecule has 11 heteroatoms. The third-order valence-corrected chi connectivity index (χ3v) is 4.81. The van der Waals surface area contributed by atoms with Crippen LogP contribution in [0, 0.1) is 0 Å². The Bertz CT molecular complexity index is 913. The normalized spacial score (nSPS) is 18.4. The topological polar surface area (TPSA) is 83.0 Å². The molecule has 0 fully saturated rings. The van der Waals surface area contributed by atoms with Gasteiger partial charge in [-0.2, -0.15) is 18.3 Å². The largest absolute Gasteiger partial charge is 0.410 e. The number of rotatable bonds is 3. The third-order valence-electron chi connectivity index (χ3n) is 4.61. The van der Waals surface area contributed by atoms with E-state index in [9.17, 15) is 18.0 Å². The first-order chi connectivity index (χ1) is 13.7. The number of benzene rings is 1. The van der Waals surface area contributed by atoms with Crippen molar-refractivity contribution in [3.8, 4) is 0 Å². The van der Waals surface area contributed by atoms with Crippen LogP contribution in [-0.4, -0.2) is 33.0 Å². The second-order valence-electron chi connectivity index (χ2n) is 6.73. The van der Waals surface area contributed by atoms with Crippen molar-refractivity contribution in [2.75, 3.05) is 10.6 Å². The van der Waals surface area contributed by atoms with E-state index >= 15 is 0 Å². The fraction of sp³-hybridized carbons (Fsp3) is 0.389. The number of hydrogen-bond donors (Lipinski definition) is 4. The van der Waals surface area contributed by atoms with Gasteiger partial charge in [-0.05, 0) is 43.6 Å². The van der Waals surface area contributed by atoms with Gasteiger partial charge in [0.1, 0.15) is 11.4 Å². The zero-order valence-corrected chi connectivity index (χ0v) is 16.6. The van der Waals surface area contributed by atoms with Crippen LogP contribution in [0.4, 0.5) is 24.7 Å². The van der Waals surface area contributed by atoms with E-state index in [4.69, 9.17) is 12.2 Å². The summed E-state index contributed by atoms with van der Waals surface area (Å²) in [6.45, 7) is 3.63. The van der Waals surface area contributed by atoms with E-state index in [1.165, 1.54) is 0 Å². The molecule has 29 heavy (non-hydrogen) atoms. The molecule has 1 aliphatic heterocycles. The van der Waals surface area contributed by atoms with Gasteiger partial charge >= 0.3 is 6.18 Å². The average molecular weight is 426 g/mol. The molecule has 1 amide bonds. The number of alkyl halides is 3. The number of aryl methyl sites for hydroxylation is 1. The Balaban J connectivity index is 1.68. The van der Waals surface area contributed by atoms with Gasteiger partial charge in [-0.3, -0.25) is 15.6 Å². The van der Waals surface area contributed by atoms with E-state index in [0.29, 0.717) is 0 Å². The maximum Gasteiger partial charge on any atom is 0.410 e. The Kier molecular flexibility index (Phi) is 5.96. The van der Waals surface area contributed by atoms with Crippen LogP contribution in [0.2, 0.25) is 0 Å². The van der Waals surface area contributed by atoms with Gasteiger partial charge in [0.2, 0.25) is 0 Å². The van der Waals surface area contributed by atoms with Crippen molar-refractivity contribution < 1.29 is 18.0 Å². The predicted octanol–water partition coefficient (Wildman–Crippen LogP) is 3.38. The summed E-state index contributed by atoms with van der Waals surface area (Å²) in [5, 5.41) is 9.80. The van der Waals surface area contributed by atoms with Gasteiger partial charge in [0.15, 0.2) is 11.2 Å². The van der Waals surface area contributed by atoms with Crippen molar-refractivity contribution in [3.05, 3.63) is 41.6 Å². The molecule has 1 aromatic heterocycles. The zero-order chi connectivity index (χ0) is 21.2. The third kappa shape index (κ3) is 4.61. The molecule has 0 spiro atoms. The number of para-hydroxylation sites is 1. The summed E-state index contributed by atoms with van der Waals surface area (Å²) in [5.74, 6) is -0.623. The summed E-state index contributed by atoms with van der Waals surface area (Å²) in [4.78, 5) is 12.5. The number of nitrogens with one attached hydrogen (secondary N) is 4. The molecule has 4 N–H and O–H groups in total. The van der Waals surface area contributed by atoms with E-state index in [0.717, 1.165) is 28.6 Å². The number of halogens is 3. The summed E-state index contributed by atoms with van der Waals surface area (Å²) in [6, 6.07) is 5.33. The monoisotopic (exact) mass is 426 g/mol. The smallest absolute Gasteiger partial charge is 0.367 e. The van der Waals surface area contributed by atoms with Crippen molar-refractivity contribution in [2.24, 2.45) is 0 Å². The summed E-state index contributed by atoms with van der Waals surface area (Å²) in [6.07, 6.45) is -2.71. The molecule has 0 saturated carbocycles. The number of aromatic nitrogens is 2. The minimum absolute atomic E-state index is 0.00458. The lowest BCUT2D eigenvalue weighted by atomic mass is 10.1. The van der Waals surface area contributed by atoms with Gasteiger partial charge in [0.05, 0.1) is 6.20 Å². The van der Waals surface area contributed by atoms with E-state index in [2.05, 4.69) is 26.6 Å². The van der Waals surface area contributed by atoms with E-state index in [1.807, 2.05) is 31.2 Å². The summed E-state index contributed by atoms with van der Waals surface area (Å²) >= 11 is 5.18. The van der Waals surface area contributed by atoms with Crippen molar-refractivity contribution in [1.82, 2.24) is 20.6 Å². The van der Waals surface area contributed by atoms with Crippen molar-refractivity contribution in [2.45, 2.75) is 44.9 Å². The van der Waals surface area contributed by atoms with E-state index in [-0.39, 0.29) is 22.9 Å². The van der Waals surface area contributed by atoms with Crippen molar-refractivity contribution in [3.63, 3.8) is 0 Å². The van der Waals surface area contributed by atoms with E-state index < -0.39 is 24.2 Å². The average Bonchev–Trinajstić information content (AvgIpc) is 3.08. The maximum atomic E-state index is 13.3. The molecule has 0 aliphatic carbocycles. The molecule has 2 heterocycles. The Hall–Kier alpha value is -2.82. The number of hydrogen-bond acceptors (Lipinski definition) is 4. The number of hydrazine groups is 1. The number of carbonyl (C=O) groups is 1.